The SMILES string of the molecule is CN1CCC(OC2CCN(C(=O)c3ccc(Cl)s3)CC2)CC1. The van der Waals surface area contributed by atoms with E-state index in [0.717, 1.165) is 56.7 Å². The fraction of sp³-hybridized carbons (Fsp3) is 0.688. The molecule has 2 aliphatic rings. The number of thiophene rings is 1. The number of carbonyl (C=O) groups excluding carboxylic acids is 1. The minimum atomic E-state index is 0.106. The molecule has 122 valence electrons. The van der Waals surface area contributed by atoms with E-state index in [1.165, 1.54) is 11.3 Å². The van der Waals surface area contributed by atoms with Crippen LogP contribution in [0.2, 0.25) is 4.34 Å². The molecule has 3 heterocycles. The van der Waals surface area contributed by atoms with E-state index in [1.54, 1.807) is 6.07 Å². The summed E-state index contributed by atoms with van der Waals surface area (Å²) in [6.45, 7) is 3.82. The highest BCUT2D eigenvalue weighted by Crippen LogP contribution is 2.25. The summed E-state index contributed by atoms with van der Waals surface area (Å²) in [5, 5.41) is 0. The molecular formula is C16H23ClN2O2S. The van der Waals surface area contributed by atoms with Crippen molar-refractivity contribution < 1.29 is 9.53 Å². The summed E-state index contributed by atoms with van der Waals surface area (Å²) in [4.78, 5) is 17.4. The zero-order valence-electron chi connectivity index (χ0n) is 13.0. The number of amides is 1. The molecular weight excluding hydrogens is 320 g/mol. The van der Waals surface area contributed by atoms with Crippen LogP contribution in [-0.4, -0.2) is 61.1 Å². The Labute approximate surface area is 141 Å². The molecule has 1 aromatic heterocycles. The first-order chi connectivity index (χ1) is 10.6. The van der Waals surface area contributed by atoms with E-state index >= 15 is 0 Å². The van der Waals surface area contributed by atoms with Gasteiger partial charge in [0.05, 0.1) is 21.4 Å². The molecule has 1 amide bonds. The smallest absolute Gasteiger partial charge is 0.263 e. The summed E-state index contributed by atoms with van der Waals surface area (Å²) in [7, 11) is 2.16. The van der Waals surface area contributed by atoms with E-state index in [4.69, 9.17) is 16.3 Å². The topological polar surface area (TPSA) is 32.8 Å². The molecule has 0 unspecified atom stereocenters. The standard InChI is InChI=1S/C16H23ClN2O2S/c1-18-8-4-12(5-9-18)21-13-6-10-19(11-7-13)16(20)14-2-3-15(17)22-14/h2-3,12-13H,4-11H2,1H3. The van der Waals surface area contributed by atoms with E-state index in [-0.39, 0.29) is 5.91 Å². The van der Waals surface area contributed by atoms with Crippen LogP contribution in [0.3, 0.4) is 0 Å². The van der Waals surface area contributed by atoms with Gasteiger partial charge in [-0.3, -0.25) is 4.79 Å². The lowest BCUT2D eigenvalue weighted by Crippen LogP contribution is -2.43. The highest BCUT2D eigenvalue weighted by atomic mass is 35.5. The van der Waals surface area contributed by atoms with E-state index in [9.17, 15) is 4.79 Å². The largest absolute Gasteiger partial charge is 0.375 e. The first-order valence-corrected chi connectivity index (χ1v) is 9.20. The van der Waals surface area contributed by atoms with Crippen molar-refractivity contribution in [1.82, 2.24) is 9.80 Å². The summed E-state index contributed by atoms with van der Waals surface area (Å²) < 4.78 is 6.91. The van der Waals surface area contributed by atoms with Crippen LogP contribution in [0.4, 0.5) is 0 Å². The van der Waals surface area contributed by atoms with Crippen LogP contribution in [0.15, 0.2) is 12.1 Å². The number of hydrogen-bond donors (Lipinski definition) is 0. The Balaban J connectivity index is 1.45. The van der Waals surface area contributed by atoms with Gasteiger partial charge in [0, 0.05) is 26.2 Å². The summed E-state index contributed by atoms with van der Waals surface area (Å²) >= 11 is 7.27. The predicted molar refractivity (Wildman–Crippen MR) is 89.9 cm³/mol. The molecule has 3 rings (SSSR count). The summed E-state index contributed by atoms with van der Waals surface area (Å²) in [5.41, 5.74) is 0. The van der Waals surface area contributed by atoms with Gasteiger partial charge in [-0.2, -0.15) is 0 Å². The maximum absolute atomic E-state index is 12.4. The minimum absolute atomic E-state index is 0.106. The van der Waals surface area contributed by atoms with E-state index < -0.39 is 0 Å². The van der Waals surface area contributed by atoms with Gasteiger partial charge in [-0.15, -0.1) is 11.3 Å². The van der Waals surface area contributed by atoms with Crippen molar-refractivity contribution in [3.05, 3.63) is 21.3 Å². The zero-order valence-corrected chi connectivity index (χ0v) is 14.5. The van der Waals surface area contributed by atoms with Crippen LogP contribution in [0, 0.1) is 0 Å². The Morgan fingerprint density at radius 3 is 2.27 bits per heavy atom. The Morgan fingerprint density at radius 1 is 1.14 bits per heavy atom. The monoisotopic (exact) mass is 342 g/mol. The van der Waals surface area contributed by atoms with E-state index in [0.29, 0.717) is 16.5 Å². The Morgan fingerprint density at radius 2 is 1.73 bits per heavy atom. The first-order valence-electron chi connectivity index (χ1n) is 8.00. The third-order valence-electron chi connectivity index (χ3n) is 4.56. The molecule has 0 spiro atoms. The van der Waals surface area contributed by atoms with Gasteiger partial charge < -0.3 is 14.5 Å². The summed E-state index contributed by atoms with van der Waals surface area (Å²) in [6.07, 6.45) is 4.85. The summed E-state index contributed by atoms with van der Waals surface area (Å²) in [5.74, 6) is 0.106. The van der Waals surface area contributed by atoms with Gasteiger partial charge >= 0.3 is 0 Å². The Hall–Kier alpha value is -0.620. The van der Waals surface area contributed by atoms with Crippen molar-refractivity contribution in [1.29, 1.82) is 0 Å². The van der Waals surface area contributed by atoms with Crippen molar-refractivity contribution in [3.8, 4) is 0 Å². The van der Waals surface area contributed by atoms with Crippen LogP contribution in [0.1, 0.15) is 35.4 Å². The van der Waals surface area contributed by atoms with Crippen molar-refractivity contribution in [2.75, 3.05) is 33.2 Å². The van der Waals surface area contributed by atoms with Crippen LogP contribution >= 0.6 is 22.9 Å². The number of likely N-dealkylation sites (tertiary alicyclic amines) is 2. The number of hydrogen-bond acceptors (Lipinski definition) is 4. The number of nitrogens with zero attached hydrogens (tertiary/aromatic N) is 2. The lowest BCUT2D eigenvalue weighted by molar-refractivity contribution is -0.0599. The van der Waals surface area contributed by atoms with Gasteiger partial charge in [0.1, 0.15) is 0 Å². The molecule has 0 aliphatic carbocycles. The number of piperidine rings is 2. The van der Waals surface area contributed by atoms with Crippen LogP contribution < -0.4 is 0 Å². The molecule has 0 atom stereocenters. The van der Waals surface area contributed by atoms with Gasteiger partial charge in [-0.05, 0) is 44.9 Å². The molecule has 0 saturated carbocycles. The Kier molecular flexibility index (Phi) is 5.39. The van der Waals surface area contributed by atoms with Gasteiger partial charge in [0.15, 0.2) is 0 Å². The molecule has 0 bridgehead atoms. The van der Waals surface area contributed by atoms with Crippen LogP contribution in [0.25, 0.3) is 0 Å². The minimum Gasteiger partial charge on any atom is -0.375 e. The number of ether oxygens (including phenoxy) is 1. The molecule has 22 heavy (non-hydrogen) atoms. The number of rotatable bonds is 3. The van der Waals surface area contributed by atoms with Crippen molar-refractivity contribution in [2.24, 2.45) is 0 Å². The van der Waals surface area contributed by atoms with Crippen molar-refractivity contribution in [2.45, 2.75) is 37.9 Å². The normalized spacial score (nSPS) is 22.2. The molecule has 0 radical (unpaired) electrons. The van der Waals surface area contributed by atoms with Crippen LogP contribution in [-0.2, 0) is 4.74 Å². The van der Waals surface area contributed by atoms with Crippen molar-refractivity contribution in [3.63, 3.8) is 0 Å². The molecule has 2 saturated heterocycles. The number of halogens is 1. The maximum Gasteiger partial charge on any atom is 0.263 e. The average molecular weight is 343 g/mol. The fourth-order valence-electron chi connectivity index (χ4n) is 3.17. The molecule has 4 nitrogen and oxygen atoms in total. The molecule has 2 aliphatic heterocycles. The fourth-order valence-corrected chi connectivity index (χ4v) is 4.18. The maximum atomic E-state index is 12.4. The quantitative estimate of drug-likeness (QED) is 0.846. The second-order valence-electron chi connectivity index (χ2n) is 6.23. The van der Waals surface area contributed by atoms with Gasteiger partial charge in [0.25, 0.3) is 5.91 Å². The molecule has 6 heteroatoms. The van der Waals surface area contributed by atoms with Gasteiger partial charge in [0.2, 0.25) is 0 Å². The average Bonchev–Trinajstić information content (AvgIpc) is 2.96. The molecule has 2 fully saturated rings. The van der Waals surface area contributed by atoms with Gasteiger partial charge in [-0.25, -0.2) is 0 Å². The summed E-state index contributed by atoms with van der Waals surface area (Å²) in [6, 6.07) is 3.60. The van der Waals surface area contributed by atoms with E-state index in [1.807, 2.05) is 11.0 Å². The number of carbonyl (C=O) groups is 1. The third-order valence-corrected chi connectivity index (χ3v) is 5.78. The van der Waals surface area contributed by atoms with E-state index in [2.05, 4.69) is 11.9 Å². The second-order valence-corrected chi connectivity index (χ2v) is 7.95. The van der Waals surface area contributed by atoms with Crippen molar-refractivity contribution >= 4 is 28.8 Å². The van der Waals surface area contributed by atoms with Crippen LogP contribution in [0.5, 0.6) is 0 Å². The first kappa shape index (κ1) is 16.2. The molecule has 0 N–H and O–H groups in total. The van der Waals surface area contributed by atoms with Gasteiger partial charge in [-0.1, -0.05) is 11.6 Å². The Bertz CT molecular complexity index is 506. The lowest BCUT2D eigenvalue weighted by Gasteiger charge is -2.36. The highest BCUT2D eigenvalue weighted by molar-refractivity contribution is 7.17. The zero-order chi connectivity index (χ0) is 15.5. The second kappa shape index (κ2) is 7.30. The lowest BCUT2D eigenvalue weighted by atomic mass is 10.0. The predicted octanol–water partition coefficient (Wildman–Crippen LogP) is 3.12. The third kappa shape index (κ3) is 4.02. The molecule has 0 aromatic carbocycles. The highest BCUT2D eigenvalue weighted by Gasteiger charge is 2.27. The molecule has 1 aromatic rings.